The molecule has 0 radical (unpaired) electrons. The summed E-state index contributed by atoms with van der Waals surface area (Å²) in [4.78, 5) is 78.3. The van der Waals surface area contributed by atoms with Crippen LogP contribution in [-0.4, -0.2) is 53.6 Å². The van der Waals surface area contributed by atoms with Crippen molar-refractivity contribution in [1.82, 2.24) is 31.9 Å². The van der Waals surface area contributed by atoms with Gasteiger partial charge >= 0.3 is 0 Å². The van der Waals surface area contributed by atoms with Gasteiger partial charge in [0, 0.05) is 56.6 Å². The van der Waals surface area contributed by atoms with E-state index >= 15 is 0 Å². The molecule has 6 amide bonds. The number of carbonyl (C=O) groups excluding carboxylic acids is 6. The minimum atomic E-state index is -0.910. The number of hydrogen-bond donors (Lipinski definition) is 6. The Morgan fingerprint density at radius 2 is 1.37 bits per heavy atom. The second kappa shape index (κ2) is 16.3. The van der Waals surface area contributed by atoms with Crippen LogP contribution in [0.1, 0.15) is 59.3 Å². The molecular formula is C38H42N6O7. The van der Waals surface area contributed by atoms with Gasteiger partial charge in [-0.05, 0) is 65.6 Å². The second-order valence-corrected chi connectivity index (χ2v) is 13.3. The molecule has 4 aliphatic heterocycles. The molecule has 13 nitrogen and oxygen atoms in total. The summed E-state index contributed by atoms with van der Waals surface area (Å²) >= 11 is 0. The van der Waals surface area contributed by atoms with Crippen LogP contribution in [0.4, 0.5) is 0 Å². The number of benzene rings is 2. The molecule has 51 heavy (non-hydrogen) atoms. The van der Waals surface area contributed by atoms with Gasteiger partial charge in [0.05, 0.1) is 12.7 Å². The van der Waals surface area contributed by atoms with Crippen molar-refractivity contribution in [2.24, 2.45) is 5.92 Å². The number of nitrogens with one attached hydrogen (secondary N) is 6. The quantitative estimate of drug-likeness (QED) is 0.234. The van der Waals surface area contributed by atoms with Crippen molar-refractivity contribution >= 4 is 35.4 Å². The van der Waals surface area contributed by atoms with Crippen molar-refractivity contribution in [1.29, 1.82) is 0 Å². The third kappa shape index (κ3) is 9.50. The van der Waals surface area contributed by atoms with Gasteiger partial charge < -0.3 is 36.3 Å². The predicted molar refractivity (Wildman–Crippen MR) is 185 cm³/mol. The van der Waals surface area contributed by atoms with Crippen molar-refractivity contribution in [3.05, 3.63) is 107 Å². The summed E-state index contributed by atoms with van der Waals surface area (Å²) in [6, 6.07) is 14.5. The molecular weight excluding hydrogens is 652 g/mol. The molecule has 5 aliphatic rings. The standard InChI is InChI=1S/C38H42N6O7/c45-33-13-14-34(46)42-29-11-9-24(10-12-29)36(48)44-32(19-30-6-3-15-51-30)38(50)40-21-27-5-2-1-4-25(27)18-35(47)43-31-17-26-8-7-23(20-39-33)16-28(26)22-41-37(31)49/h1-8,13-16,24,29,31-32H,9-12,17-22H2,(H,39,45)(H,40,50)(H,41,49)(H,42,46)(H,43,47)(H,44,48)/b14-13+/t24?,29?,31-,32?/m0/s1. The van der Waals surface area contributed by atoms with Gasteiger partial charge in [0.1, 0.15) is 17.8 Å². The maximum absolute atomic E-state index is 13.6. The molecule has 0 saturated heterocycles. The van der Waals surface area contributed by atoms with Crippen LogP contribution < -0.4 is 31.9 Å². The molecule has 3 aromatic rings. The van der Waals surface area contributed by atoms with Crippen molar-refractivity contribution in [2.45, 2.75) is 82.7 Å². The zero-order valence-corrected chi connectivity index (χ0v) is 28.2. The number of amides is 6. The smallest absolute Gasteiger partial charge is 0.244 e. The second-order valence-electron chi connectivity index (χ2n) is 13.3. The van der Waals surface area contributed by atoms with E-state index in [4.69, 9.17) is 4.42 Å². The average molecular weight is 695 g/mol. The fourth-order valence-corrected chi connectivity index (χ4v) is 6.79. The summed E-state index contributed by atoms with van der Waals surface area (Å²) in [5, 5.41) is 17.3. The van der Waals surface area contributed by atoms with E-state index in [1.165, 1.54) is 18.4 Å². The van der Waals surface area contributed by atoms with Gasteiger partial charge in [-0.2, -0.15) is 0 Å². The molecule has 6 bridgehead atoms. The summed E-state index contributed by atoms with van der Waals surface area (Å²) < 4.78 is 5.48. The van der Waals surface area contributed by atoms with E-state index < -0.39 is 29.8 Å². The molecule has 266 valence electrons. The Morgan fingerprint density at radius 1 is 0.627 bits per heavy atom. The van der Waals surface area contributed by atoms with Gasteiger partial charge in [-0.25, -0.2) is 0 Å². The Kier molecular flexibility index (Phi) is 11.2. The van der Waals surface area contributed by atoms with Crippen molar-refractivity contribution < 1.29 is 33.2 Å². The Balaban J connectivity index is 1.21. The highest BCUT2D eigenvalue weighted by Gasteiger charge is 2.31. The molecule has 1 aliphatic carbocycles. The van der Waals surface area contributed by atoms with Gasteiger partial charge in [-0.15, -0.1) is 0 Å². The van der Waals surface area contributed by atoms with Crippen LogP contribution in [0.25, 0.3) is 0 Å². The number of hydrogen-bond acceptors (Lipinski definition) is 7. The lowest BCUT2D eigenvalue weighted by atomic mass is 9.85. The predicted octanol–water partition coefficient (Wildman–Crippen LogP) is 1.38. The van der Waals surface area contributed by atoms with Gasteiger partial charge in [0.2, 0.25) is 35.4 Å². The van der Waals surface area contributed by atoms with E-state index in [1.54, 1.807) is 18.2 Å². The molecule has 1 fully saturated rings. The van der Waals surface area contributed by atoms with E-state index in [0.29, 0.717) is 43.4 Å². The van der Waals surface area contributed by atoms with Crippen molar-refractivity contribution in [2.75, 3.05) is 0 Å². The van der Waals surface area contributed by atoms with Gasteiger partial charge in [-0.1, -0.05) is 42.5 Å². The highest BCUT2D eigenvalue weighted by atomic mass is 16.3. The largest absolute Gasteiger partial charge is 0.469 e. The fraction of sp³-hybridized carbons (Fsp3) is 0.368. The van der Waals surface area contributed by atoms with E-state index in [0.717, 1.165) is 22.3 Å². The number of fused-ring (bicyclic) bond motifs is 1. The first-order valence-corrected chi connectivity index (χ1v) is 17.3. The highest BCUT2D eigenvalue weighted by Crippen LogP contribution is 2.25. The molecule has 5 heterocycles. The van der Waals surface area contributed by atoms with Gasteiger partial charge in [0.25, 0.3) is 0 Å². The van der Waals surface area contributed by atoms with E-state index in [2.05, 4.69) is 31.9 Å². The topological polar surface area (TPSA) is 188 Å². The maximum atomic E-state index is 13.6. The lowest BCUT2D eigenvalue weighted by molar-refractivity contribution is -0.132. The molecule has 0 spiro atoms. The van der Waals surface area contributed by atoms with Crippen LogP contribution in [0.3, 0.4) is 0 Å². The number of carbonyl (C=O) groups is 6. The summed E-state index contributed by atoms with van der Waals surface area (Å²) in [7, 11) is 0. The molecule has 2 aromatic carbocycles. The normalized spacial score (nSPS) is 24.4. The minimum absolute atomic E-state index is 0.00848. The molecule has 1 aromatic heterocycles. The Morgan fingerprint density at radius 3 is 2.16 bits per heavy atom. The summed E-state index contributed by atoms with van der Waals surface area (Å²) in [6.07, 6.45) is 6.50. The summed E-state index contributed by atoms with van der Waals surface area (Å²) in [5.41, 5.74) is 4.01. The third-order valence-corrected chi connectivity index (χ3v) is 9.64. The molecule has 13 heteroatoms. The van der Waals surface area contributed by atoms with E-state index in [1.807, 2.05) is 36.4 Å². The lowest BCUT2D eigenvalue weighted by Crippen LogP contribution is -2.50. The van der Waals surface area contributed by atoms with Crippen LogP contribution in [-0.2, 0) is 67.7 Å². The SMILES string of the molecule is O=C1/C=C/C(=O)NC2CCC(CC2)C(=O)NC(Cc2ccco2)C(=O)NCc2ccccc2CC(=O)N[C@H]2Cc3ccc(cc3CNC2=O)CN1. The molecule has 2 atom stereocenters. The van der Waals surface area contributed by atoms with Crippen molar-refractivity contribution in [3.63, 3.8) is 0 Å². The number of rotatable bonds is 2. The molecule has 8 rings (SSSR count). The van der Waals surface area contributed by atoms with Crippen LogP contribution >= 0.6 is 0 Å². The van der Waals surface area contributed by atoms with Gasteiger partial charge in [0.15, 0.2) is 0 Å². The van der Waals surface area contributed by atoms with Crippen LogP contribution in [0.5, 0.6) is 0 Å². The fourth-order valence-electron chi connectivity index (χ4n) is 6.79. The molecule has 6 N–H and O–H groups in total. The zero-order valence-electron chi connectivity index (χ0n) is 28.2. The highest BCUT2D eigenvalue weighted by molar-refractivity contribution is 5.97. The average Bonchev–Trinajstić information content (AvgIpc) is 3.59. The first-order valence-electron chi connectivity index (χ1n) is 17.3. The lowest BCUT2D eigenvalue weighted by Gasteiger charge is -2.29. The van der Waals surface area contributed by atoms with Crippen LogP contribution in [0.2, 0.25) is 0 Å². The third-order valence-electron chi connectivity index (χ3n) is 9.64. The van der Waals surface area contributed by atoms with Gasteiger partial charge in [-0.3, -0.25) is 28.8 Å². The van der Waals surface area contributed by atoms with Crippen LogP contribution in [0, 0.1) is 5.92 Å². The monoisotopic (exact) mass is 694 g/mol. The van der Waals surface area contributed by atoms with Crippen molar-refractivity contribution in [3.8, 4) is 0 Å². The molecule has 1 unspecified atom stereocenters. The Labute approximate surface area is 295 Å². The molecule has 1 saturated carbocycles. The summed E-state index contributed by atoms with van der Waals surface area (Å²) in [6.45, 7) is 0.612. The Hall–Kier alpha value is -5.72. The van der Waals surface area contributed by atoms with E-state index in [-0.39, 0.29) is 62.2 Å². The maximum Gasteiger partial charge on any atom is 0.244 e. The van der Waals surface area contributed by atoms with E-state index in [9.17, 15) is 28.8 Å². The summed E-state index contributed by atoms with van der Waals surface area (Å²) in [5.74, 6) is -1.93. The first-order chi connectivity index (χ1) is 24.7. The zero-order chi connectivity index (χ0) is 35.7. The number of furan rings is 1. The first kappa shape index (κ1) is 35.1. The van der Waals surface area contributed by atoms with Crippen LogP contribution in [0.15, 0.2) is 77.4 Å². The Bertz CT molecular complexity index is 1810. The minimum Gasteiger partial charge on any atom is -0.469 e.